The standard InChI is InChI=1S/C13H21ClN4O2S/c1-15-10-11-3-4-12(14)13(9-11)21(19,20)16-18-7-5-17(2)6-8-18/h3-4,9,15-16H,5-8,10H2,1-2H3. The number of benzene rings is 1. The Labute approximate surface area is 131 Å². The van der Waals surface area contributed by atoms with E-state index in [0.717, 1.165) is 18.7 Å². The van der Waals surface area contributed by atoms with Gasteiger partial charge in [0.2, 0.25) is 0 Å². The highest BCUT2D eigenvalue weighted by Crippen LogP contribution is 2.23. The van der Waals surface area contributed by atoms with Gasteiger partial charge >= 0.3 is 0 Å². The van der Waals surface area contributed by atoms with Gasteiger partial charge < -0.3 is 10.2 Å². The first-order valence-electron chi connectivity index (χ1n) is 6.81. The van der Waals surface area contributed by atoms with Gasteiger partial charge in [0.25, 0.3) is 10.0 Å². The molecule has 1 fully saturated rings. The van der Waals surface area contributed by atoms with Gasteiger partial charge in [-0.3, -0.25) is 0 Å². The Morgan fingerprint density at radius 2 is 1.90 bits per heavy atom. The average molecular weight is 333 g/mol. The van der Waals surface area contributed by atoms with Gasteiger partial charge in [-0.1, -0.05) is 17.7 Å². The number of halogens is 1. The Bertz CT molecular complexity index is 586. The predicted octanol–water partition coefficient (Wildman–Crippen LogP) is 0.500. The summed E-state index contributed by atoms with van der Waals surface area (Å²) in [6.45, 7) is 3.56. The molecule has 1 saturated heterocycles. The summed E-state index contributed by atoms with van der Waals surface area (Å²) >= 11 is 6.06. The summed E-state index contributed by atoms with van der Waals surface area (Å²) in [6, 6.07) is 5.04. The van der Waals surface area contributed by atoms with Crippen LogP contribution in [0.25, 0.3) is 0 Å². The van der Waals surface area contributed by atoms with Crippen molar-refractivity contribution in [3.8, 4) is 0 Å². The van der Waals surface area contributed by atoms with Crippen LogP contribution in [-0.4, -0.2) is 58.6 Å². The molecule has 0 bridgehead atoms. The molecule has 1 aromatic carbocycles. The fourth-order valence-electron chi connectivity index (χ4n) is 2.18. The maximum atomic E-state index is 12.5. The van der Waals surface area contributed by atoms with Crippen molar-refractivity contribution in [3.63, 3.8) is 0 Å². The highest BCUT2D eigenvalue weighted by atomic mass is 35.5. The van der Waals surface area contributed by atoms with E-state index in [1.807, 2.05) is 20.2 Å². The average Bonchev–Trinajstić information content (AvgIpc) is 2.43. The molecule has 8 heteroatoms. The zero-order valence-electron chi connectivity index (χ0n) is 12.3. The van der Waals surface area contributed by atoms with Gasteiger partial charge in [0.05, 0.1) is 5.02 Å². The molecule has 0 aliphatic carbocycles. The smallest absolute Gasteiger partial charge is 0.254 e. The van der Waals surface area contributed by atoms with E-state index in [1.165, 1.54) is 0 Å². The molecule has 1 aliphatic rings. The summed E-state index contributed by atoms with van der Waals surface area (Å²) in [4.78, 5) is 4.90. The quantitative estimate of drug-likeness (QED) is 0.822. The number of hydrogen-bond donors (Lipinski definition) is 2. The largest absolute Gasteiger partial charge is 0.316 e. The van der Waals surface area contributed by atoms with E-state index in [1.54, 1.807) is 17.1 Å². The first-order chi connectivity index (χ1) is 9.92. The van der Waals surface area contributed by atoms with Crippen LogP contribution in [0.2, 0.25) is 5.02 Å². The summed E-state index contributed by atoms with van der Waals surface area (Å²) in [5, 5.41) is 4.95. The van der Waals surface area contributed by atoms with E-state index >= 15 is 0 Å². The molecule has 0 saturated carbocycles. The molecule has 0 spiro atoms. The second kappa shape index (κ2) is 7.04. The van der Waals surface area contributed by atoms with Crippen molar-refractivity contribution in [1.29, 1.82) is 0 Å². The first kappa shape index (κ1) is 16.7. The zero-order chi connectivity index (χ0) is 15.5. The van der Waals surface area contributed by atoms with Crippen LogP contribution in [0.3, 0.4) is 0 Å². The third kappa shape index (κ3) is 4.38. The Balaban J connectivity index is 2.17. The van der Waals surface area contributed by atoms with Crippen molar-refractivity contribution in [2.75, 3.05) is 40.3 Å². The van der Waals surface area contributed by atoms with Gasteiger partial charge in [-0.2, -0.15) is 0 Å². The van der Waals surface area contributed by atoms with Crippen LogP contribution in [0.4, 0.5) is 0 Å². The van der Waals surface area contributed by atoms with Crippen LogP contribution in [0.5, 0.6) is 0 Å². The number of piperazine rings is 1. The molecule has 2 N–H and O–H groups in total. The van der Waals surface area contributed by atoms with Gasteiger partial charge in [0, 0.05) is 32.7 Å². The van der Waals surface area contributed by atoms with Gasteiger partial charge in [-0.15, -0.1) is 4.83 Å². The summed E-state index contributed by atoms with van der Waals surface area (Å²) in [7, 11) is 0.177. The molecule has 0 radical (unpaired) electrons. The fourth-order valence-corrected chi connectivity index (χ4v) is 3.86. The summed E-state index contributed by atoms with van der Waals surface area (Å²) < 4.78 is 25.0. The molecule has 1 aliphatic heterocycles. The Hall–Kier alpha value is -0.700. The van der Waals surface area contributed by atoms with Crippen LogP contribution in [-0.2, 0) is 16.6 Å². The minimum absolute atomic E-state index is 0.121. The Morgan fingerprint density at radius 1 is 1.24 bits per heavy atom. The third-order valence-electron chi connectivity index (χ3n) is 3.42. The molecule has 1 aromatic rings. The first-order valence-corrected chi connectivity index (χ1v) is 8.67. The number of likely N-dealkylation sites (N-methyl/N-ethyl adjacent to an activating group) is 1. The van der Waals surface area contributed by atoms with Gasteiger partial charge in [0.1, 0.15) is 4.90 Å². The summed E-state index contributed by atoms with van der Waals surface area (Å²) in [5.74, 6) is 0. The Morgan fingerprint density at radius 3 is 2.52 bits per heavy atom. The van der Waals surface area contributed by atoms with Crippen LogP contribution in [0.1, 0.15) is 5.56 Å². The maximum absolute atomic E-state index is 12.5. The number of rotatable bonds is 5. The van der Waals surface area contributed by atoms with E-state index in [4.69, 9.17) is 11.6 Å². The number of hydrazine groups is 1. The number of hydrogen-bond acceptors (Lipinski definition) is 5. The molecule has 2 rings (SSSR count). The number of sulfonamides is 1. The van der Waals surface area contributed by atoms with Gasteiger partial charge in [0.15, 0.2) is 0 Å². The molecule has 0 aromatic heterocycles. The van der Waals surface area contributed by atoms with Crippen molar-refractivity contribution in [2.45, 2.75) is 11.4 Å². The van der Waals surface area contributed by atoms with Crippen molar-refractivity contribution in [2.24, 2.45) is 0 Å². The molecule has 21 heavy (non-hydrogen) atoms. The van der Waals surface area contributed by atoms with Crippen LogP contribution < -0.4 is 10.1 Å². The van der Waals surface area contributed by atoms with Crippen LogP contribution in [0.15, 0.2) is 23.1 Å². The lowest BCUT2D eigenvalue weighted by atomic mass is 10.2. The lowest BCUT2D eigenvalue weighted by molar-refractivity contribution is 0.135. The molecular formula is C13H21ClN4O2S. The van der Waals surface area contributed by atoms with Crippen LogP contribution in [0, 0.1) is 0 Å². The predicted molar refractivity (Wildman–Crippen MR) is 83.6 cm³/mol. The normalized spacial score (nSPS) is 18.0. The SMILES string of the molecule is CNCc1ccc(Cl)c(S(=O)(=O)NN2CCN(C)CC2)c1. The van der Waals surface area contributed by atoms with Crippen LogP contribution >= 0.6 is 11.6 Å². The highest BCUT2D eigenvalue weighted by Gasteiger charge is 2.23. The minimum Gasteiger partial charge on any atom is -0.316 e. The van der Waals surface area contributed by atoms with Gasteiger partial charge in [-0.05, 0) is 31.8 Å². The highest BCUT2D eigenvalue weighted by molar-refractivity contribution is 7.89. The van der Waals surface area contributed by atoms with Crippen molar-refractivity contribution >= 4 is 21.6 Å². The Kier molecular flexibility index (Phi) is 5.59. The minimum atomic E-state index is -3.65. The van der Waals surface area contributed by atoms with E-state index in [0.29, 0.717) is 19.6 Å². The van der Waals surface area contributed by atoms with E-state index in [-0.39, 0.29) is 9.92 Å². The molecule has 6 nitrogen and oxygen atoms in total. The molecule has 1 heterocycles. The molecule has 0 atom stereocenters. The summed E-state index contributed by atoms with van der Waals surface area (Å²) in [6.07, 6.45) is 0. The van der Waals surface area contributed by atoms with E-state index < -0.39 is 10.0 Å². The lowest BCUT2D eigenvalue weighted by Crippen LogP contribution is -2.52. The van der Waals surface area contributed by atoms with Crippen molar-refractivity contribution < 1.29 is 8.42 Å². The third-order valence-corrected chi connectivity index (χ3v) is 5.28. The molecule has 118 valence electrons. The lowest BCUT2D eigenvalue weighted by Gasteiger charge is -2.32. The molecule has 0 unspecified atom stereocenters. The van der Waals surface area contributed by atoms with Crippen molar-refractivity contribution in [3.05, 3.63) is 28.8 Å². The van der Waals surface area contributed by atoms with E-state index in [9.17, 15) is 8.42 Å². The van der Waals surface area contributed by atoms with E-state index in [2.05, 4.69) is 15.0 Å². The van der Waals surface area contributed by atoms with Crippen molar-refractivity contribution in [1.82, 2.24) is 20.1 Å². The number of nitrogens with one attached hydrogen (secondary N) is 2. The second-order valence-electron chi connectivity index (χ2n) is 5.18. The number of nitrogens with zero attached hydrogens (tertiary/aromatic N) is 2. The molecule has 0 amide bonds. The second-order valence-corrected chi connectivity index (χ2v) is 7.22. The van der Waals surface area contributed by atoms with Gasteiger partial charge in [-0.25, -0.2) is 13.4 Å². The topological polar surface area (TPSA) is 64.7 Å². The zero-order valence-corrected chi connectivity index (χ0v) is 13.8. The monoisotopic (exact) mass is 332 g/mol. The molecular weight excluding hydrogens is 312 g/mol. The fraction of sp³-hybridized carbons (Fsp3) is 0.538. The maximum Gasteiger partial charge on any atom is 0.254 e. The summed E-state index contributed by atoms with van der Waals surface area (Å²) in [5.41, 5.74) is 0.876.